The molecule has 4 heterocycles. The number of carbonyl (C=O) groups is 2. The fourth-order valence-electron chi connectivity index (χ4n) is 4.98. The Labute approximate surface area is 310 Å². The molecule has 0 saturated carbocycles. The van der Waals surface area contributed by atoms with Gasteiger partial charge in [0.1, 0.15) is 0 Å². The second-order valence-corrected chi connectivity index (χ2v) is 11.8. The van der Waals surface area contributed by atoms with E-state index >= 15 is 0 Å². The van der Waals surface area contributed by atoms with Gasteiger partial charge in [0.05, 0.1) is 63.0 Å². The molecular formula is C34H24Cl2F6N8O4. The first-order valence-corrected chi connectivity index (χ1v) is 15.9. The number of hydrogen-bond donors (Lipinski definition) is 5. The molecule has 7 N–H and O–H groups in total. The number of esters is 1. The maximum absolute atomic E-state index is 13.1. The normalized spacial score (nSPS) is 11.5. The van der Waals surface area contributed by atoms with Crippen LogP contribution in [0.3, 0.4) is 0 Å². The molecule has 0 aliphatic carbocycles. The van der Waals surface area contributed by atoms with Gasteiger partial charge >= 0.3 is 24.3 Å². The molecule has 20 heteroatoms. The zero-order valence-corrected chi connectivity index (χ0v) is 28.8. The number of H-pyrrole nitrogens is 2. The molecule has 0 aliphatic rings. The van der Waals surface area contributed by atoms with Crippen LogP contribution in [-0.2, 0) is 17.1 Å². The van der Waals surface area contributed by atoms with E-state index in [0.29, 0.717) is 11.4 Å². The number of halogens is 8. The first kappa shape index (κ1) is 39.1. The number of carboxylic acid groups (broad SMARTS) is 1. The maximum Gasteiger partial charge on any atom is 0.416 e. The third kappa shape index (κ3) is 8.72. The van der Waals surface area contributed by atoms with Crippen molar-refractivity contribution in [3.8, 4) is 45.3 Å². The number of aromatic nitrogens is 6. The Balaban J connectivity index is 0.000000208. The minimum absolute atomic E-state index is 0.00318. The highest BCUT2D eigenvalue weighted by atomic mass is 35.5. The van der Waals surface area contributed by atoms with Crippen molar-refractivity contribution < 1.29 is 45.8 Å². The summed E-state index contributed by atoms with van der Waals surface area (Å²) in [5.74, 6) is -2.08. The van der Waals surface area contributed by atoms with Crippen LogP contribution in [0, 0.1) is 0 Å². The Morgan fingerprint density at radius 2 is 1.15 bits per heavy atom. The number of nitrogens with zero attached hydrogens (tertiary/aromatic N) is 4. The van der Waals surface area contributed by atoms with Crippen LogP contribution >= 0.6 is 23.2 Å². The van der Waals surface area contributed by atoms with Gasteiger partial charge in [-0.2, -0.15) is 26.3 Å². The van der Waals surface area contributed by atoms with E-state index in [2.05, 4.69) is 29.9 Å². The number of carbonyl (C=O) groups excluding carboxylic acids is 1. The number of alkyl halides is 6. The second-order valence-electron chi connectivity index (χ2n) is 11.0. The summed E-state index contributed by atoms with van der Waals surface area (Å²) < 4.78 is 83.4. The van der Waals surface area contributed by atoms with E-state index in [1.165, 1.54) is 36.7 Å². The Morgan fingerprint density at radius 3 is 1.54 bits per heavy atom. The molecule has 0 radical (unpaired) electrons. The molecule has 0 bridgehead atoms. The molecule has 0 amide bonds. The van der Waals surface area contributed by atoms with Crippen molar-refractivity contribution in [2.45, 2.75) is 19.3 Å². The number of carboxylic acids is 1. The lowest BCUT2D eigenvalue weighted by molar-refractivity contribution is -0.138. The Kier molecular flexibility index (Phi) is 11.2. The number of nitrogens with two attached hydrogens (primary N) is 2. The van der Waals surface area contributed by atoms with Gasteiger partial charge in [-0.1, -0.05) is 23.2 Å². The molecular weight excluding hydrogens is 769 g/mol. The van der Waals surface area contributed by atoms with E-state index in [0.717, 1.165) is 36.4 Å². The maximum atomic E-state index is 13.1. The van der Waals surface area contributed by atoms with Gasteiger partial charge < -0.3 is 31.3 Å². The lowest BCUT2D eigenvalue weighted by Gasteiger charge is -2.11. The first-order chi connectivity index (χ1) is 25.4. The number of aromatic carboxylic acids is 1. The quantitative estimate of drug-likeness (QED) is 0.0770. The molecule has 6 rings (SSSR count). The number of nitrogen functional groups attached to an aromatic ring is 2. The van der Waals surface area contributed by atoms with E-state index in [1.54, 1.807) is 6.92 Å². The van der Waals surface area contributed by atoms with Crippen molar-refractivity contribution in [3.05, 3.63) is 105 Å². The molecule has 280 valence electrons. The van der Waals surface area contributed by atoms with Crippen molar-refractivity contribution in [1.82, 2.24) is 29.9 Å². The third-order valence-corrected chi connectivity index (χ3v) is 8.05. The summed E-state index contributed by atoms with van der Waals surface area (Å²) in [5.41, 5.74) is 10.2. The minimum Gasteiger partial charge on any atom is -0.478 e. The van der Waals surface area contributed by atoms with Gasteiger partial charge in [-0.25, -0.2) is 29.5 Å². The number of nitrogens with one attached hydrogen (secondary N) is 2. The number of benzene rings is 2. The Bertz CT molecular complexity index is 2360. The highest BCUT2D eigenvalue weighted by Gasteiger charge is 2.33. The van der Waals surface area contributed by atoms with E-state index < -0.39 is 35.4 Å². The zero-order chi connectivity index (χ0) is 39.5. The summed E-state index contributed by atoms with van der Waals surface area (Å²) in [5, 5.41) is 9.42. The van der Waals surface area contributed by atoms with Gasteiger partial charge in [0.25, 0.3) is 0 Å². The second kappa shape index (κ2) is 15.5. The molecule has 0 atom stereocenters. The van der Waals surface area contributed by atoms with Gasteiger partial charge in [0.2, 0.25) is 11.9 Å². The molecule has 54 heavy (non-hydrogen) atoms. The van der Waals surface area contributed by atoms with Gasteiger partial charge in [-0.15, -0.1) is 0 Å². The molecule has 12 nitrogen and oxygen atoms in total. The Morgan fingerprint density at radius 1 is 0.722 bits per heavy atom. The van der Waals surface area contributed by atoms with Gasteiger partial charge in [0, 0.05) is 33.6 Å². The average Bonchev–Trinajstić information content (AvgIpc) is 3.75. The van der Waals surface area contributed by atoms with Crippen molar-refractivity contribution in [2.75, 3.05) is 18.1 Å². The van der Waals surface area contributed by atoms with Gasteiger partial charge in [0.15, 0.2) is 0 Å². The zero-order valence-electron chi connectivity index (χ0n) is 27.3. The molecule has 6 aromatic rings. The van der Waals surface area contributed by atoms with E-state index in [9.17, 15) is 41.0 Å². The highest BCUT2D eigenvalue weighted by molar-refractivity contribution is 6.34. The van der Waals surface area contributed by atoms with Crippen molar-refractivity contribution in [1.29, 1.82) is 0 Å². The van der Waals surface area contributed by atoms with E-state index in [4.69, 9.17) is 39.4 Å². The van der Waals surface area contributed by atoms with Crippen LogP contribution in [-0.4, -0.2) is 53.6 Å². The summed E-state index contributed by atoms with van der Waals surface area (Å²) in [7, 11) is 0. The molecule has 4 aromatic heterocycles. The fraction of sp³-hybridized carbons (Fsp3) is 0.118. The van der Waals surface area contributed by atoms with Crippen molar-refractivity contribution in [3.63, 3.8) is 0 Å². The molecule has 0 fully saturated rings. The summed E-state index contributed by atoms with van der Waals surface area (Å²) in [6.07, 6.45) is -6.38. The molecule has 0 spiro atoms. The lowest BCUT2D eigenvalue weighted by Crippen LogP contribution is -2.07. The summed E-state index contributed by atoms with van der Waals surface area (Å²) in [6.45, 7) is 1.71. The molecule has 2 aromatic carbocycles. The number of ether oxygens (including phenoxy) is 1. The van der Waals surface area contributed by atoms with Crippen LogP contribution in [0.5, 0.6) is 0 Å². The van der Waals surface area contributed by atoms with Gasteiger partial charge in [-0.05, 0) is 67.6 Å². The highest BCUT2D eigenvalue weighted by Crippen LogP contribution is 2.40. The third-order valence-electron chi connectivity index (χ3n) is 7.39. The predicted molar refractivity (Wildman–Crippen MR) is 186 cm³/mol. The number of rotatable bonds is 7. The van der Waals surface area contributed by atoms with Crippen LogP contribution in [0.4, 0.5) is 38.2 Å². The minimum atomic E-state index is -4.60. The van der Waals surface area contributed by atoms with Crippen LogP contribution < -0.4 is 11.5 Å². The summed E-state index contributed by atoms with van der Waals surface area (Å²) in [6, 6.07) is 11.2. The van der Waals surface area contributed by atoms with Crippen molar-refractivity contribution in [2.24, 2.45) is 0 Å². The number of aromatic amines is 2. The molecule has 0 saturated heterocycles. The average molecular weight is 794 g/mol. The monoisotopic (exact) mass is 792 g/mol. The Hall–Kier alpha value is -6.14. The smallest absolute Gasteiger partial charge is 0.416 e. The van der Waals surface area contributed by atoms with Crippen molar-refractivity contribution >= 4 is 47.0 Å². The van der Waals surface area contributed by atoms with Crippen LogP contribution in [0.2, 0.25) is 10.0 Å². The number of hydrogen-bond acceptors (Lipinski definition) is 9. The molecule has 0 aliphatic heterocycles. The van der Waals surface area contributed by atoms with E-state index in [-0.39, 0.29) is 73.6 Å². The largest absolute Gasteiger partial charge is 0.478 e. The summed E-state index contributed by atoms with van der Waals surface area (Å²) >= 11 is 12.1. The van der Waals surface area contributed by atoms with Gasteiger partial charge in [-0.3, -0.25) is 0 Å². The lowest BCUT2D eigenvalue weighted by atomic mass is 10.0. The topological polar surface area (TPSA) is 199 Å². The van der Waals surface area contributed by atoms with Crippen LogP contribution in [0.15, 0.2) is 73.1 Å². The summed E-state index contributed by atoms with van der Waals surface area (Å²) in [4.78, 5) is 45.1. The SMILES string of the molecule is CCOC(=O)c1cc(-c2ccnc(N)n2)[nH]c1-c1cc(C(F)(F)F)ccc1Cl.Nc1nccc(-c2cc(C(=O)O)c(-c3cc(C(F)(F)F)ccc3Cl)[nH]2)n1. The first-order valence-electron chi connectivity index (χ1n) is 15.2. The van der Waals surface area contributed by atoms with Crippen LogP contribution in [0.1, 0.15) is 38.8 Å². The standard InChI is InChI=1S/C18H14ClF3N4O2.C16H10ClF3N4O2/c1-2-28-16(27)11-8-14(13-5-6-24-17(23)26-13)25-15(11)10-7-9(18(20,21)22)3-4-12(10)19;17-10-2-1-7(16(18,19)20)5-8(10)13-9(14(25)26)6-12(23-13)11-3-4-22-15(21)24-11/h3-8,25H,2H2,1H3,(H2,23,24,26);1-6,23H,(H,25,26)(H2,21,22,24). The number of anilines is 2. The predicted octanol–water partition coefficient (Wildman–Crippen LogP) is 8.66. The molecule has 0 unspecified atom stereocenters. The van der Waals surface area contributed by atoms with Crippen LogP contribution in [0.25, 0.3) is 45.3 Å². The fourth-order valence-corrected chi connectivity index (χ4v) is 5.41. The van der Waals surface area contributed by atoms with E-state index in [1.807, 2.05) is 0 Å².